The van der Waals surface area contributed by atoms with Crippen molar-refractivity contribution in [1.29, 1.82) is 0 Å². The normalized spacial score (nSPS) is 42.7. The van der Waals surface area contributed by atoms with E-state index in [2.05, 4.69) is 143 Å². The highest BCUT2D eigenvalue weighted by Gasteiger charge is 2.69. The van der Waals surface area contributed by atoms with Crippen molar-refractivity contribution in [1.82, 2.24) is 4.90 Å². The number of hydrogen-bond acceptors (Lipinski definition) is 1. The third-order valence-corrected chi connectivity index (χ3v) is 27.0. The van der Waals surface area contributed by atoms with Gasteiger partial charge in [0.05, 0.1) is 5.41 Å². The lowest BCUT2D eigenvalue weighted by molar-refractivity contribution is -0.252. The fourth-order valence-electron chi connectivity index (χ4n) is 19.2. The molecule has 2 atom stereocenters. The highest BCUT2D eigenvalue weighted by atomic mass is 16.2. The Morgan fingerprint density at radius 1 is 0.279 bits per heavy atom. The fraction of sp³-hybridized carbons (Fsp3) is 0.985. The van der Waals surface area contributed by atoms with E-state index in [9.17, 15) is 4.79 Å². The van der Waals surface area contributed by atoms with E-state index < -0.39 is 0 Å². The van der Waals surface area contributed by atoms with Crippen molar-refractivity contribution < 1.29 is 4.79 Å². The molecule has 1 amide bonds. The van der Waals surface area contributed by atoms with E-state index in [1.54, 1.807) is 0 Å². The van der Waals surface area contributed by atoms with Crippen molar-refractivity contribution >= 4 is 5.91 Å². The second kappa shape index (κ2) is 20.0. The molecular weight excluding hydrogens is 823 g/mol. The van der Waals surface area contributed by atoms with Gasteiger partial charge in [-0.2, -0.15) is 0 Å². The molecule has 0 aromatic heterocycles. The van der Waals surface area contributed by atoms with Gasteiger partial charge in [0.25, 0.3) is 0 Å². The Balaban J connectivity index is 0.000000141. The molecule has 0 N–H and O–H groups in total. The summed E-state index contributed by atoms with van der Waals surface area (Å²) in [6.07, 6.45) is 35.0. The van der Waals surface area contributed by atoms with Crippen LogP contribution in [0.25, 0.3) is 0 Å². The van der Waals surface area contributed by atoms with Crippen LogP contribution >= 0.6 is 0 Å². The van der Waals surface area contributed by atoms with Gasteiger partial charge in [0.15, 0.2) is 0 Å². The number of piperidine rings is 2. The zero-order valence-corrected chi connectivity index (χ0v) is 50.1. The van der Waals surface area contributed by atoms with Crippen molar-refractivity contribution in [2.24, 2.45) is 108 Å². The highest BCUT2D eigenvalue weighted by molar-refractivity contribution is 5.85. The van der Waals surface area contributed by atoms with Crippen LogP contribution in [0.2, 0.25) is 0 Å². The van der Waals surface area contributed by atoms with Gasteiger partial charge < -0.3 is 4.90 Å². The molecule has 2 aliphatic heterocycles. The van der Waals surface area contributed by atoms with Crippen molar-refractivity contribution in [3.05, 3.63) is 0 Å². The number of carbonyl (C=O) groups excluding carboxylic acids is 1. The summed E-state index contributed by atoms with van der Waals surface area (Å²) < 4.78 is 0. The van der Waals surface area contributed by atoms with Gasteiger partial charge in [0.1, 0.15) is 0 Å². The minimum Gasteiger partial charge on any atom is -0.339 e. The first-order valence-electron chi connectivity index (χ1n) is 30.7. The molecular formula is C66H121NO. The Kier molecular flexibility index (Phi) is 16.7. The Morgan fingerprint density at radius 2 is 0.515 bits per heavy atom. The first kappa shape index (κ1) is 56.8. The van der Waals surface area contributed by atoms with Gasteiger partial charge in [-0.15, -0.1) is 0 Å². The highest BCUT2D eigenvalue weighted by Crippen LogP contribution is 2.78. The largest absolute Gasteiger partial charge is 0.339 e. The zero-order chi connectivity index (χ0) is 50.9. The molecule has 11 saturated carbocycles. The van der Waals surface area contributed by atoms with Gasteiger partial charge in [0.2, 0.25) is 5.91 Å². The molecule has 2 unspecified atom stereocenters. The number of carbonyl (C=O) groups is 1. The number of fused-ring (bicyclic) bond motifs is 10. The average Bonchev–Trinajstić information content (AvgIpc) is 3.94. The fourth-order valence-corrected chi connectivity index (χ4v) is 19.2. The number of hydrogen-bond donors (Lipinski definition) is 0. The predicted molar refractivity (Wildman–Crippen MR) is 297 cm³/mol. The lowest BCUT2D eigenvalue weighted by Crippen LogP contribution is -2.67. The van der Waals surface area contributed by atoms with Gasteiger partial charge in [0, 0.05) is 12.6 Å². The molecule has 10 bridgehead atoms. The van der Waals surface area contributed by atoms with Crippen molar-refractivity contribution in [3.63, 3.8) is 0 Å². The number of rotatable bonds is 10. The summed E-state index contributed by atoms with van der Waals surface area (Å²) >= 11 is 0. The monoisotopic (exact) mass is 944 g/mol. The van der Waals surface area contributed by atoms with Crippen LogP contribution in [0.5, 0.6) is 0 Å². The minimum absolute atomic E-state index is 0.0363. The third-order valence-electron chi connectivity index (χ3n) is 27.0. The summed E-state index contributed by atoms with van der Waals surface area (Å²) in [6.45, 7) is 47.8. The maximum absolute atomic E-state index is 12.6. The minimum atomic E-state index is -0.0363. The molecule has 13 aliphatic rings. The second-order valence-corrected chi connectivity index (χ2v) is 31.3. The van der Waals surface area contributed by atoms with Crippen molar-refractivity contribution in [2.45, 2.75) is 298 Å². The SMILES string of the molecule is CC(C)C12CC(C(C)C)(C1)C2.CC(C)C12CCC(C(C)C)(CC1)C2.CC(C)C12CCC(C(C)C)(CC1)CC2.CC(C)C12CCC(C(C)C)(CC1)N(C)C2=O.CC(C)C12CCCC(C(C)C)(CC1)C2. The number of nitrogens with zero attached hydrogens (tertiary/aromatic N) is 1. The topological polar surface area (TPSA) is 20.3 Å². The zero-order valence-electron chi connectivity index (χ0n) is 50.1. The van der Waals surface area contributed by atoms with Crippen LogP contribution in [0.15, 0.2) is 0 Å². The first-order valence-corrected chi connectivity index (χ1v) is 30.7. The molecule has 2 heterocycles. The molecule has 0 spiro atoms. The van der Waals surface area contributed by atoms with E-state index in [0.29, 0.717) is 17.7 Å². The molecule has 2 nitrogen and oxygen atoms in total. The molecule has 13 rings (SSSR count). The molecule has 0 aromatic rings. The van der Waals surface area contributed by atoms with Crippen LogP contribution in [0.1, 0.15) is 293 Å². The van der Waals surface area contributed by atoms with Gasteiger partial charge in [-0.3, -0.25) is 4.79 Å². The lowest BCUT2D eigenvalue weighted by atomic mass is 9.30. The summed E-state index contributed by atoms with van der Waals surface area (Å²) in [5.74, 6) is 8.79. The molecule has 2 heteroatoms. The summed E-state index contributed by atoms with van der Waals surface area (Å²) in [4.78, 5) is 14.7. The lowest BCUT2D eigenvalue weighted by Gasteiger charge is -2.75. The van der Waals surface area contributed by atoms with Crippen LogP contribution in [0.4, 0.5) is 0 Å². The van der Waals surface area contributed by atoms with E-state index in [-0.39, 0.29) is 11.0 Å². The molecule has 13 fully saturated rings. The Bertz CT molecular complexity index is 1540. The molecule has 11 aliphatic carbocycles. The summed E-state index contributed by atoms with van der Waals surface area (Å²) in [5.41, 5.74) is 6.22. The van der Waals surface area contributed by atoms with Crippen LogP contribution in [0, 0.1) is 108 Å². The maximum atomic E-state index is 12.6. The van der Waals surface area contributed by atoms with E-state index >= 15 is 0 Å². The average molecular weight is 945 g/mol. The summed E-state index contributed by atoms with van der Waals surface area (Å²) in [6, 6.07) is 0. The molecule has 2 saturated heterocycles. The summed E-state index contributed by atoms with van der Waals surface area (Å²) in [5, 5.41) is 0. The van der Waals surface area contributed by atoms with Crippen molar-refractivity contribution in [2.75, 3.05) is 7.05 Å². The van der Waals surface area contributed by atoms with Gasteiger partial charge in [-0.25, -0.2) is 0 Å². The van der Waals surface area contributed by atoms with Gasteiger partial charge in [-0.1, -0.05) is 145 Å². The van der Waals surface area contributed by atoms with Crippen LogP contribution in [0.3, 0.4) is 0 Å². The predicted octanol–water partition coefficient (Wildman–Crippen LogP) is 20.1. The van der Waals surface area contributed by atoms with E-state index in [1.165, 1.54) is 141 Å². The van der Waals surface area contributed by atoms with E-state index in [1.807, 2.05) is 7.05 Å². The molecule has 396 valence electrons. The van der Waals surface area contributed by atoms with Crippen LogP contribution in [-0.4, -0.2) is 23.4 Å². The third kappa shape index (κ3) is 9.47. The van der Waals surface area contributed by atoms with Gasteiger partial charge in [-0.05, 0) is 250 Å². The van der Waals surface area contributed by atoms with E-state index in [4.69, 9.17) is 0 Å². The second-order valence-electron chi connectivity index (χ2n) is 31.3. The Hall–Kier alpha value is -0.530. The van der Waals surface area contributed by atoms with Gasteiger partial charge >= 0.3 is 0 Å². The Labute approximate surface area is 426 Å². The standard InChI is InChI=1S/C14H25NO.2C14H26.C13H24.C11H20/c1-10(2)13-6-8-14(9-7-13,11(3)4)15(5)12(13)16;1-11(2)13-5-8-14(9-6-13,10-7-13)12(3)4;1-11(2)13-6-5-7-14(10-13,9-8-13)12(3)4;1-10(2)12-5-7-13(9-12,8-6-12)11(3)4;1-8(2)10-5-11(6-10,7-10)9(3)4/h10-11H,6-9H2,1-5H3;2*11-12H,5-10H2,1-4H3;10-11H,5-9H2,1-4H3;8-9H,5-7H2,1-4H3. The number of amides is 1. The van der Waals surface area contributed by atoms with Crippen LogP contribution < -0.4 is 0 Å². The Morgan fingerprint density at radius 3 is 0.735 bits per heavy atom. The molecule has 0 radical (unpaired) electrons. The van der Waals surface area contributed by atoms with E-state index in [0.717, 1.165) is 104 Å². The van der Waals surface area contributed by atoms with Crippen molar-refractivity contribution in [3.8, 4) is 0 Å². The quantitative estimate of drug-likeness (QED) is 0.214. The smallest absolute Gasteiger partial charge is 0.229 e. The summed E-state index contributed by atoms with van der Waals surface area (Å²) in [7, 11) is 2.03. The van der Waals surface area contributed by atoms with Crippen LogP contribution in [-0.2, 0) is 4.79 Å². The molecule has 68 heavy (non-hydrogen) atoms. The first-order chi connectivity index (χ1) is 31.4. The maximum Gasteiger partial charge on any atom is 0.229 e. The molecule has 0 aromatic carbocycles.